The van der Waals surface area contributed by atoms with Crippen LogP contribution < -0.4 is 5.32 Å². The van der Waals surface area contributed by atoms with Gasteiger partial charge in [-0.3, -0.25) is 0 Å². The molecule has 1 fully saturated rings. The molecule has 4 atom stereocenters. The highest BCUT2D eigenvalue weighted by molar-refractivity contribution is 7.10. The third-order valence-electron chi connectivity index (χ3n) is 3.34. The van der Waals surface area contributed by atoms with Crippen molar-refractivity contribution in [2.24, 2.45) is 0 Å². The molecular weight excluding hydrogens is 234 g/mol. The van der Waals surface area contributed by atoms with E-state index in [2.05, 4.69) is 29.8 Å². The van der Waals surface area contributed by atoms with Crippen molar-refractivity contribution >= 4 is 11.3 Å². The minimum atomic E-state index is 0.192. The molecule has 1 N–H and O–H groups in total. The average Bonchev–Trinajstić information content (AvgIpc) is 2.81. The van der Waals surface area contributed by atoms with Crippen LogP contribution in [0.4, 0.5) is 0 Å². The Bertz CT molecular complexity index is 328. The molecular formula is C13H21NO2S. The molecule has 3 nitrogen and oxygen atoms in total. The number of thiophene rings is 1. The van der Waals surface area contributed by atoms with Crippen molar-refractivity contribution in [2.45, 2.75) is 44.6 Å². The van der Waals surface area contributed by atoms with Crippen LogP contribution in [0.15, 0.2) is 17.5 Å². The predicted molar refractivity (Wildman–Crippen MR) is 70.5 cm³/mol. The van der Waals surface area contributed by atoms with Crippen LogP contribution in [0.3, 0.4) is 0 Å². The topological polar surface area (TPSA) is 30.5 Å². The largest absolute Gasteiger partial charge is 0.377 e. The molecule has 1 heterocycles. The van der Waals surface area contributed by atoms with Crippen LogP contribution in [0.1, 0.15) is 31.2 Å². The maximum absolute atomic E-state index is 5.62. The van der Waals surface area contributed by atoms with E-state index in [1.807, 2.05) is 6.92 Å². The first-order valence-corrected chi connectivity index (χ1v) is 7.08. The van der Waals surface area contributed by atoms with E-state index in [0.717, 1.165) is 13.0 Å². The predicted octanol–water partition coefficient (Wildman–Crippen LogP) is 2.59. The summed E-state index contributed by atoms with van der Waals surface area (Å²) in [5.41, 5.74) is 0. The van der Waals surface area contributed by atoms with Gasteiger partial charge in [-0.2, -0.15) is 0 Å². The van der Waals surface area contributed by atoms with Crippen LogP contribution >= 0.6 is 11.3 Å². The van der Waals surface area contributed by atoms with E-state index in [1.165, 1.54) is 4.88 Å². The lowest BCUT2D eigenvalue weighted by Crippen LogP contribution is -2.60. The highest BCUT2D eigenvalue weighted by atomic mass is 32.1. The molecule has 0 aromatic carbocycles. The van der Waals surface area contributed by atoms with Crippen molar-refractivity contribution in [2.75, 3.05) is 13.7 Å². The quantitative estimate of drug-likeness (QED) is 0.847. The normalized spacial score (nSPS) is 29.9. The Morgan fingerprint density at radius 2 is 2.41 bits per heavy atom. The van der Waals surface area contributed by atoms with Gasteiger partial charge in [0.2, 0.25) is 0 Å². The summed E-state index contributed by atoms with van der Waals surface area (Å²) in [6.07, 6.45) is 1.50. The summed E-state index contributed by atoms with van der Waals surface area (Å²) in [6, 6.07) is 5.06. The molecule has 1 aliphatic rings. The molecule has 0 amide bonds. The summed E-state index contributed by atoms with van der Waals surface area (Å²) < 4.78 is 11.1. The Morgan fingerprint density at radius 1 is 1.59 bits per heavy atom. The van der Waals surface area contributed by atoms with Gasteiger partial charge in [0.1, 0.15) is 0 Å². The van der Waals surface area contributed by atoms with Crippen LogP contribution in [-0.4, -0.2) is 32.0 Å². The van der Waals surface area contributed by atoms with Crippen molar-refractivity contribution < 1.29 is 9.47 Å². The van der Waals surface area contributed by atoms with E-state index < -0.39 is 0 Å². The van der Waals surface area contributed by atoms with E-state index >= 15 is 0 Å². The van der Waals surface area contributed by atoms with E-state index in [0.29, 0.717) is 12.1 Å². The smallest absolute Gasteiger partial charge is 0.0987 e. The van der Waals surface area contributed by atoms with Gasteiger partial charge in [-0.1, -0.05) is 6.07 Å². The molecule has 0 bridgehead atoms. The summed E-state index contributed by atoms with van der Waals surface area (Å²) in [5, 5.41) is 5.73. The fraction of sp³-hybridized carbons (Fsp3) is 0.692. The fourth-order valence-electron chi connectivity index (χ4n) is 2.38. The SMILES string of the molecule is CCOC1CC(N[C@H](C)c2cccs2)C1OC. The van der Waals surface area contributed by atoms with Gasteiger partial charge in [-0.15, -0.1) is 11.3 Å². The van der Waals surface area contributed by atoms with Crippen molar-refractivity contribution in [3.05, 3.63) is 22.4 Å². The molecule has 2 rings (SSSR count). The second-order valence-electron chi connectivity index (χ2n) is 4.44. The maximum Gasteiger partial charge on any atom is 0.0987 e. The van der Waals surface area contributed by atoms with E-state index in [1.54, 1.807) is 18.4 Å². The van der Waals surface area contributed by atoms with Crippen LogP contribution in [0.5, 0.6) is 0 Å². The van der Waals surface area contributed by atoms with Crippen molar-refractivity contribution in [1.29, 1.82) is 0 Å². The monoisotopic (exact) mass is 255 g/mol. The Kier molecular flexibility index (Phi) is 4.56. The number of hydrogen-bond acceptors (Lipinski definition) is 4. The summed E-state index contributed by atoms with van der Waals surface area (Å²) >= 11 is 1.79. The van der Waals surface area contributed by atoms with Crippen LogP contribution in [0.25, 0.3) is 0 Å². The molecule has 0 aliphatic heterocycles. The zero-order valence-corrected chi connectivity index (χ0v) is 11.5. The van der Waals surface area contributed by atoms with Gasteiger partial charge in [0.15, 0.2) is 0 Å². The van der Waals surface area contributed by atoms with Crippen molar-refractivity contribution in [1.82, 2.24) is 5.32 Å². The Hall–Kier alpha value is -0.420. The number of hydrogen-bond donors (Lipinski definition) is 1. The lowest BCUT2D eigenvalue weighted by molar-refractivity contribution is -0.132. The zero-order valence-electron chi connectivity index (χ0n) is 10.7. The first-order chi connectivity index (χ1) is 8.26. The third kappa shape index (κ3) is 2.88. The minimum Gasteiger partial charge on any atom is -0.377 e. The minimum absolute atomic E-state index is 0.192. The van der Waals surface area contributed by atoms with Gasteiger partial charge in [0, 0.05) is 30.7 Å². The summed E-state index contributed by atoms with van der Waals surface area (Å²) in [5.74, 6) is 0. The van der Waals surface area contributed by atoms with Crippen LogP contribution in [-0.2, 0) is 9.47 Å². The molecule has 0 radical (unpaired) electrons. The summed E-state index contributed by atoms with van der Waals surface area (Å²) in [7, 11) is 1.76. The molecule has 4 heteroatoms. The van der Waals surface area contributed by atoms with Crippen molar-refractivity contribution in [3.8, 4) is 0 Å². The summed E-state index contributed by atoms with van der Waals surface area (Å²) in [4.78, 5) is 1.37. The van der Waals surface area contributed by atoms with E-state index in [9.17, 15) is 0 Å². The molecule has 0 spiro atoms. The lowest BCUT2D eigenvalue weighted by atomic mass is 9.84. The van der Waals surface area contributed by atoms with Gasteiger partial charge in [-0.25, -0.2) is 0 Å². The number of ether oxygens (including phenoxy) is 2. The Labute approximate surface area is 107 Å². The highest BCUT2D eigenvalue weighted by Gasteiger charge is 2.42. The number of methoxy groups -OCH3 is 1. The second kappa shape index (κ2) is 5.96. The summed E-state index contributed by atoms with van der Waals surface area (Å²) in [6.45, 7) is 4.99. The fourth-order valence-corrected chi connectivity index (χ4v) is 3.12. The Morgan fingerprint density at radius 3 is 3.00 bits per heavy atom. The van der Waals surface area contributed by atoms with Gasteiger partial charge in [0.05, 0.1) is 12.2 Å². The van der Waals surface area contributed by atoms with Gasteiger partial charge in [0.25, 0.3) is 0 Å². The first kappa shape index (κ1) is 13.0. The molecule has 96 valence electrons. The third-order valence-corrected chi connectivity index (χ3v) is 4.39. The molecule has 1 aromatic rings. The molecule has 3 unspecified atom stereocenters. The van der Waals surface area contributed by atoms with Crippen LogP contribution in [0.2, 0.25) is 0 Å². The Balaban J connectivity index is 1.84. The van der Waals surface area contributed by atoms with E-state index in [4.69, 9.17) is 9.47 Å². The molecule has 0 saturated heterocycles. The van der Waals surface area contributed by atoms with E-state index in [-0.39, 0.29) is 12.2 Å². The standard InChI is InChI=1S/C13H21NO2S/c1-4-16-11-8-10(13(11)15-3)14-9(2)12-6-5-7-17-12/h5-7,9-11,13-14H,4,8H2,1-3H3/t9-,10?,11?,13?/m1/s1. The average molecular weight is 255 g/mol. The van der Waals surface area contributed by atoms with Crippen LogP contribution in [0, 0.1) is 0 Å². The highest BCUT2D eigenvalue weighted by Crippen LogP contribution is 2.30. The lowest BCUT2D eigenvalue weighted by Gasteiger charge is -2.44. The first-order valence-electron chi connectivity index (χ1n) is 6.20. The van der Waals surface area contributed by atoms with Gasteiger partial charge in [-0.05, 0) is 31.7 Å². The molecule has 1 aromatic heterocycles. The van der Waals surface area contributed by atoms with Gasteiger partial charge >= 0.3 is 0 Å². The molecule has 1 aliphatic carbocycles. The zero-order chi connectivity index (χ0) is 12.3. The number of nitrogens with one attached hydrogen (secondary N) is 1. The maximum atomic E-state index is 5.62. The molecule has 17 heavy (non-hydrogen) atoms. The second-order valence-corrected chi connectivity index (χ2v) is 5.42. The van der Waals surface area contributed by atoms with Gasteiger partial charge < -0.3 is 14.8 Å². The molecule has 1 saturated carbocycles. The number of rotatable bonds is 6. The van der Waals surface area contributed by atoms with Crippen molar-refractivity contribution in [3.63, 3.8) is 0 Å².